The minimum absolute atomic E-state index is 0.0346. The molecule has 0 N–H and O–H groups in total. The number of unbranched alkanes of at least 4 members (excludes halogenated alkanes) is 4. The number of aromatic nitrogens is 1. The van der Waals surface area contributed by atoms with E-state index in [1.54, 1.807) is 5.57 Å². The van der Waals surface area contributed by atoms with Crippen molar-refractivity contribution in [1.82, 2.24) is 9.88 Å². The van der Waals surface area contributed by atoms with E-state index < -0.39 is 0 Å². The lowest BCUT2D eigenvalue weighted by Crippen LogP contribution is -2.50. The maximum absolute atomic E-state index is 13.2. The van der Waals surface area contributed by atoms with Crippen molar-refractivity contribution in [3.05, 3.63) is 47.8 Å². The quantitative estimate of drug-likeness (QED) is 0.223. The minimum atomic E-state index is -0.0708. The number of hydrogen-bond acceptors (Lipinski definition) is 3. The summed E-state index contributed by atoms with van der Waals surface area (Å²) < 4.78 is 6.23. The third-order valence-electron chi connectivity index (χ3n) is 11.2. The molecule has 4 aliphatic rings. The van der Waals surface area contributed by atoms with Gasteiger partial charge >= 0.3 is 6.09 Å². The Morgan fingerprint density at radius 3 is 2.41 bits per heavy atom. The summed E-state index contributed by atoms with van der Waals surface area (Å²) in [7, 11) is 0. The first kappa shape index (κ1) is 28.4. The minimum Gasteiger partial charge on any atom is -0.446 e. The summed E-state index contributed by atoms with van der Waals surface area (Å²) in [5, 5.41) is 0. The van der Waals surface area contributed by atoms with Gasteiger partial charge in [-0.05, 0) is 97.2 Å². The van der Waals surface area contributed by atoms with Crippen LogP contribution in [0.4, 0.5) is 4.79 Å². The molecule has 1 amide bonds. The van der Waals surface area contributed by atoms with Crippen molar-refractivity contribution in [1.29, 1.82) is 0 Å². The van der Waals surface area contributed by atoms with Crippen molar-refractivity contribution in [2.45, 2.75) is 117 Å². The first-order chi connectivity index (χ1) is 18.9. The first-order valence-electron chi connectivity index (χ1n) is 16.2. The van der Waals surface area contributed by atoms with E-state index in [4.69, 9.17) is 4.74 Å². The van der Waals surface area contributed by atoms with Crippen LogP contribution in [0.25, 0.3) is 5.57 Å². The maximum atomic E-state index is 13.2. The van der Waals surface area contributed by atoms with Crippen molar-refractivity contribution < 1.29 is 9.53 Å². The Hall–Kier alpha value is -2.10. The molecule has 4 aliphatic carbocycles. The lowest BCUT2D eigenvalue weighted by atomic mass is 9.47. The fourth-order valence-electron chi connectivity index (χ4n) is 8.88. The molecule has 2 saturated carbocycles. The molecule has 1 heterocycles. The van der Waals surface area contributed by atoms with Crippen molar-refractivity contribution in [3.8, 4) is 0 Å². The summed E-state index contributed by atoms with van der Waals surface area (Å²) in [4.78, 5) is 19.7. The fraction of sp³-hybridized carbons (Fsp3) is 0.714. The van der Waals surface area contributed by atoms with Gasteiger partial charge in [-0.25, -0.2) is 4.79 Å². The molecule has 6 unspecified atom stereocenters. The summed E-state index contributed by atoms with van der Waals surface area (Å²) in [6.45, 7) is 11.2. The normalized spacial score (nSPS) is 33.3. The van der Waals surface area contributed by atoms with Gasteiger partial charge in [0.25, 0.3) is 0 Å². The van der Waals surface area contributed by atoms with Crippen molar-refractivity contribution in [3.63, 3.8) is 0 Å². The molecular formula is C35H52N2O2. The van der Waals surface area contributed by atoms with Crippen LogP contribution in [0.15, 0.2) is 42.3 Å². The van der Waals surface area contributed by atoms with E-state index in [1.807, 2.05) is 11.1 Å². The molecule has 0 bridgehead atoms. The molecule has 0 saturated heterocycles. The van der Waals surface area contributed by atoms with E-state index in [-0.39, 0.29) is 23.0 Å². The van der Waals surface area contributed by atoms with Crippen LogP contribution in [0.2, 0.25) is 0 Å². The summed E-state index contributed by atoms with van der Waals surface area (Å²) in [5.74, 6) is 2.21. The van der Waals surface area contributed by atoms with Crippen LogP contribution >= 0.6 is 0 Å². The van der Waals surface area contributed by atoms with Gasteiger partial charge in [-0.1, -0.05) is 77.2 Å². The fourth-order valence-corrected chi connectivity index (χ4v) is 8.88. The van der Waals surface area contributed by atoms with Crippen LogP contribution in [0, 0.1) is 28.6 Å². The van der Waals surface area contributed by atoms with E-state index >= 15 is 0 Å². The largest absolute Gasteiger partial charge is 0.446 e. The van der Waals surface area contributed by atoms with Crippen molar-refractivity contribution in [2.24, 2.45) is 28.6 Å². The summed E-state index contributed by atoms with van der Waals surface area (Å²) >= 11 is 0. The zero-order valence-electron chi connectivity index (χ0n) is 25.1. The molecule has 1 aromatic rings. The molecule has 6 atom stereocenters. The molecular weight excluding hydrogens is 480 g/mol. The Labute approximate surface area is 237 Å². The van der Waals surface area contributed by atoms with E-state index in [0.717, 1.165) is 62.9 Å². The number of amides is 1. The second kappa shape index (κ2) is 12.2. The Balaban J connectivity index is 1.24. The predicted molar refractivity (Wildman–Crippen MR) is 160 cm³/mol. The summed E-state index contributed by atoms with van der Waals surface area (Å²) in [6, 6.07) is 4.33. The number of hydrogen-bond donors (Lipinski definition) is 0. The number of rotatable bonds is 10. The molecule has 1 aromatic heterocycles. The number of ether oxygens (including phenoxy) is 1. The molecule has 0 aliphatic heterocycles. The molecule has 0 radical (unpaired) electrons. The molecule has 0 aromatic carbocycles. The zero-order valence-corrected chi connectivity index (χ0v) is 25.1. The highest BCUT2D eigenvalue weighted by Crippen LogP contribution is 2.66. The third kappa shape index (κ3) is 5.59. The van der Waals surface area contributed by atoms with Gasteiger partial charge in [-0.15, -0.1) is 0 Å². The van der Waals surface area contributed by atoms with Gasteiger partial charge in [0.15, 0.2) is 0 Å². The Kier molecular flexibility index (Phi) is 8.88. The average Bonchev–Trinajstić information content (AvgIpc) is 3.30. The third-order valence-corrected chi connectivity index (χ3v) is 11.2. The highest BCUT2D eigenvalue weighted by atomic mass is 16.6. The van der Waals surface area contributed by atoms with E-state index in [0.29, 0.717) is 0 Å². The molecule has 4 heteroatoms. The smallest absolute Gasteiger partial charge is 0.410 e. The predicted octanol–water partition coefficient (Wildman–Crippen LogP) is 9.23. The molecule has 214 valence electrons. The maximum Gasteiger partial charge on any atom is 0.410 e. The van der Waals surface area contributed by atoms with E-state index in [1.165, 1.54) is 62.5 Å². The highest BCUT2D eigenvalue weighted by molar-refractivity contribution is 5.72. The van der Waals surface area contributed by atoms with Crippen molar-refractivity contribution in [2.75, 3.05) is 13.1 Å². The number of carbonyl (C=O) groups is 1. The lowest BCUT2D eigenvalue weighted by Gasteiger charge is -2.57. The molecule has 5 rings (SSSR count). The number of pyridine rings is 1. The van der Waals surface area contributed by atoms with Crippen LogP contribution in [0.5, 0.6) is 0 Å². The highest BCUT2D eigenvalue weighted by Gasteiger charge is 2.57. The topological polar surface area (TPSA) is 42.4 Å². The van der Waals surface area contributed by atoms with Crippen LogP contribution in [-0.4, -0.2) is 35.2 Å². The SMILES string of the molecule is CCCCCN(CCCCC)C(=O)OC1CCC2(C)C(=CCC3C2CCC2(C)C(c4cccnc4)=CCC32)C1. The van der Waals surface area contributed by atoms with Gasteiger partial charge in [0.05, 0.1) is 0 Å². The monoisotopic (exact) mass is 532 g/mol. The van der Waals surface area contributed by atoms with Crippen LogP contribution in [0.3, 0.4) is 0 Å². The van der Waals surface area contributed by atoms with Gasteiger partial charge in [0, 0.05) is 31.9 Å². The van der Waals surface area contributed by atoms with Gasteiger partial charge in [0.2, 0.25) is 0 Å². The standard InChI is InChI=1S/C35H52N2O2/c1-5-7-9-22-37(23-10-8-6-2)33(38)39-28-17-19-34(3)27(24-28)13-14-29-31-16-15-30(26-12-11-21-36-25-26)35(31,4)20-18-32(29)34/h11-13,15,21,25,28-29,31-32H,5-10,14,16-20,22-24H2,1-4H3. The van der Waals surface area contributed by atoms with Gasteiger partial charge in [-0.2, -0.15) is 0 Å². The van der Waals surface area contributed by atoms with Crippen LogP contribution in [-0.2, 0) is 4.74 Å². The van der Waals surface area contributed by atoms with E-state index in [2.05, 4.69) is 63.2 Å². The Morgan fingerprint density at radius 1 is 0.974 bits per heavy atom. The first-order valence-corrected chi connectivity index (χ1v) is 16.2. The number of carbonyl (C=O) groups excluding carboxylic acids is 1. The zero-order chi connectivity index (χ0) is 27.5. The second-order valence-electron chi connectivity index (χ2n) is 13.5. The average molecular weight is 533 g/mol. The van der Waals surface area contributed by atoms with Crippen molar-refractivity contribution >= 4 is 11.7 Å². The number of fused-ring (bicyclic) bond motifs is 5. The van der Waals surface area contributed by atoms with Gasteiger partial charge in [-0.3, -0.25) is 4.98 Å². The molecule has 39 heavy (non-hydrogen) atoms. The molecule has 0 spiro atoms. The second-order valence-corrected chi connectivity index (χ2v) is 13.5. The van der Waals surface area contributed by atoms with Gasteiger partial charge < -0.3 is 9.64 Å². The van der Waals surface area contributed by atoms with Crippen LogP contribution in [0.1, 0.15) is 117 Å². The Bertz CT molecular complexity index is 1040. The van der Waals surface area contributed by atoms with Crippen LogP contribution < -0.4 is 0 Å². The number of nitrogens with zero attached hydrogens (tertiary/aromatic N) is 2. The number of allylic oxidation sites excluding steroid dienone is 3. The molecule has 2 fully saturated rings. The summed E-state index contributed by atoms with van der Waals surface area (Å²) in [5.41, 5.74) is 4.96. The van der Waals surface area contributed by atoms with Gasteiger partial charge in [0.1, 0.15) is 6.10 Å². The Morgan fingerprint density at radius 2 is 1.72 bits per heavy atom. The van der Waals surface area contributed by atoms with E-state index in [9.17, 15) is 4.79 Å². The lowest BCUT2D eigenvalue weighted by molar-refractivity contribution is -0.0295. The summed E-state index contributed by atoms with van der Waals surface area (Å²) in [6.07, 6.45) is 23.9. The molecule has 4 nitrogen and oxygen atoms in total.